The normalized spacial score (nSPS) is 21.9. The second-order valence-corrected chi connectivity index (χ2v) is 5.12. The summed E-state index contributed by atoms with van der Waals surface area (Å²) >= 11 is 0. The molecule has 3 heteroatoms. The van der Waals surface area contributed by atoms with Gasteiger partial charge in [-0.1, -0.05) is 20.8 Å². The fourth-order valence-electron chi connectivity index (χ4n) is 2.58. The minimum absolute atomic E-state index is 0.445. The van der Waals surface area contributed by atoms with E-state index >= 15 is 0 Å². The molecule has 1 fully saturated rings. The number of carbonyl (C=O) groups is 1. The lowest BCUT2D eigenvalue weighted by atomic mass is 9.73. The highest BCUT2D eigenvalue weighted by atomic mass is 16.4. The van der Waals surface area contributed by atoms with Crippen LogP contribution in [-0.2, 0) is 4.79 Å². The van der Waals surface area contributed by atoms with Crippen molar-refractivity contribution in [3.63, 3.8) is 0 Å². The molecule has 1 aliphatic heterocycles. The standard InChI is InChI=1S/C12H23NO2/c1-4-13-7-5-12(6-8-13,11(14)15)9-10(2)3/h10H,4-9H2,1-3H3,(H,14,15). The van der Waals surface area contributed by atoms with E-state index in [1.807, 2.05) is 0 Å². The summed E-state index contributed by atoms with van der Waals surface area (Å²) in [6.07, 6.45) is 2.45. The predicted molar refractivity (Wildman–Crippen MR) is 60.9 cm³/mol. The summed E-state index contributed by atoms with van der Waals surface area (Å²) in [6, 6.07) is 0. The molecule has 0 saturated carbocycles. The highest BCUT2D eigenvalue weighted by Crippen LogP contribution is 2.37. The number of carboxylic acid groups (broad SMARTS) is 1. The Labute approximate surface area is 92.5 Å². The Morgan fingerprint density at radius 3 is 2.27 bits per heavy atom. The van der Waals surface area contributed by atoms with E-state index in [4.69, 9.17) is 0 Å². The zero-order valence-electron chi connectivity index (χ0n) is 10.1. The topological polar surface area (TPSA) is 40.5 Å². The predicted octanol–water partition coefficient (Wildman–Crippen LogP) is 2.22. The Morgan fingerprint density at radius 1 is 1.40 bits per heavy atom. The first kappa shape index (κ1) is 12.5. The molecular weight excluding hydrogens is 190 g/mol. The fourth-order valence-corrected chi connectivity index (χ4v) is 2.58. The van der Waals surface area contributed by atoms with Crippen molar-refractivity contribution in [2.24, 2.45) is 11.3 Å². The zero-order chi connectivity index (χ0) is 11.5. The number of hydrogen-bond acceptors (Lipinski definition) is 2. The summed E-state index contributed by atoms with van der Waals surface area (Å²) in [5, 5.41) is 9.38. The third kappa shape index (κ3) is 2.94. The minimum Gasteiger partial charge on any atom is -0.481 e. The van der Waals surface area contributed by atoms with Crippen LogP contribution in [0.5, 0.6) is 0 Å². The lowest BCUT2D eigenvalue weighted by Crippen LogP contribution is -2.44. The average Bonchev–Trinajstić information content (AvgIpc) is 2.17. The quantitative estimate of drug-likeness (QED) is 0.778. The van der Waals surface area contributed by atoms with Crippen LogP contribution < -0.4 is 0 Å². The van der Waals surface area contributed by atoms with Gasteiger partial charge in [-0.2, -0.15) is 0 Å². The van der Waals surface area contributed by atoms with E-state index in [1.54, 1.807) is 0 Å². The lowest BCUT2D eigenvalue weighted by Gasteiger charge is -2.39. The van der Waals surface area contributed by atoms with Gasteiger partial charge >= 0.3 is 5.97 Å². The molecule has 3 nitrogen and oxygen atoms in total. The Kier molecular flexibility index (Phi) is 4.14. The fraction of sp³-hybridized carbons (Fsp3) is 0.917. The van der Waals surface area contributed by atoms with Gasteiger partial charge in [-0.05, 0) is 44.8 Å². The molecular formula is C12H23NO2. The van der Waals surface area contributed by atoms with Crippen LogP contribution in [0.2, 0.25) is 0 Å². The van der Waals surface area contributed by atoms with E-state index in [1.165, 1.54) is 0 Å². The van der Waals surface area contributed by atoms with E-state index in [9.17, 15) is 9.90 Å². The van der Waals surface area contributed by atoms with Crippen molar-refractivity contribution in [3.05, 3.63) is 0 Å². The van der Waals surface area contributed by atoms with Crippen LogP contribution in [0.1, 0.15) is 40.0 Å². The molecule has 0 spiro atoms. The van der Waals surface area contributed by atoms with Gasteiger partial charge < -0.3 is 10.0 Å². The van der Waals surface area contributed by atoms with Gasteiger partial charge in [0, 0.05) is 0 Å². The van der Waals surface area contributed by atoms with Crippen molar-refractivity contribution in [3.8, 4) is 0 Å². The van der Waals surface area contributed by atoms with Gasteiger partial charge in [-0.15, -0.1) is 0 Å². The van der Waals surface area contributed by atoms with Crippen molar-refractivity contribution in [2.75, 3.05) is 19.6 Å². The summed E-state index contributed by atoms with van der Waals surface area (Å²) in [6.45, 7) is 9.27. The molecule has 0 atom stereocenters. The molecule has 0 unspecified atom stereocenters. The summed E-state index contributed by atoms with van der Waals surface area (Å²) in [5.74, 6) is -0.124. The van der Waals surface area contributed by atoms with E-state index in [0.717, 1.165) is 38.9 Å². The minimum atomic E-state index is -0.591. The number of hydrogen-bond donors (Lipinski definition) is 1. The Bertz CT molecular complexity index is 218. The summed E-state index contributed by atoms with van der Waals surface area (Å²) in [4.78, 5) is 13.7. The first-order valence-electron chi connectivity index (χ1n) is 5.96. The number of rotatable bonds is 4. The SMILES string of the molecule is CCN1CCC(CC(C)C)(C(=O)O)CC1. The van der Waals surface area contributed by atoms with Gasteiger partial charge in [0.15, 0.2) is 0 Å². The maximum atomic E-state index is 11.4. The van der Waals surface area contributed by atoms with Crippen LogP contribution in [0.3, 0.4) is 0 Å². The largest absolute Gasteiger partial charge is 0.481 e. The van der Waals surface area contributed by atoms with Gasteiger partial charge in [0.25, 0.3) is 0 Å². The Hall–Kier alpha value is -0.570. The van der Waals surface area contributed by atoms with Crippen LogP contribution >= 0.6 is 0 Å². The van der Waals surface area contributed by atoms with Crippen LogP contribution in [0.4, 0.5) is 0 Å². The smallest absolute Gasteiger partial charge is 0.309 e. The molecule has 0 aromatic carbocycles. The highest BCUT2D eigenvalue weighted by molar-refractivity contribution is 5.74. The van der Waals surface area contributed by atoms with Gasteiger partial charge in [0.1, 0.15) is 0 Å². The Morgan fingerprint density at radius 2 is 1.93 bits per heavy atom. The molecule has 0 aromatic heterocycles. The number of likely N-dealkylation sites (tertiary alicyclic amines) is 1. The van der Waals surface area contributed by atoms with Crippen molar-refractivity contribution in [2.45, 2.75) is 40.0 Å². The summed E-state index contributed by atoms with van der Waals surface area (Å²) < 4.78 is 0. The highest BCUT2D eigenvalue weighted by Gasteiger charge is 2.41. The molecule has 88 valence electrons. The van der Waals surface area contributed by atoms with E-state index in [2.05, 4.69) is 25.7 Å². The molecule has 0 bridgehead atoms. The van der Waals surface area contributed by atoms with E-state index < -0.39 is 11.4 Å². The molecule has 1 N–H and O–H groups in total. The van der Waals surface area contributed by atoms with E-state index in [0.29, 0.717) is 5.92 Å². The molecule has 0 aliphatic carbocycles. The molecule has 0 radical (unpaired) electrons. The van der Waals surface area contributed by atoms with Crippen LogP contribution in [0.25, 0.3) is 0 Å². The zero-order valence-corrected chi connectivity index (χ0v) is 10.1. The maximum Gasteiger partial charge on any atom is 0.309 e. The van der Waals surface area contributed by atoms with Gasteiger partial charge in [0.2, 0.25) is 0 Å². The van der Waals surface area contributed by atoms with Crippen molar-refractivity contribution in [1.82, 2.24) is 4.90 Å². The number of aliphatic carboxylic acids is 1. The molecule has 0 amide bonds. The van der Waals surface area contributed by atoms with Crippen molar-refractivity contribution in [1.29, 1.82) is 0 Å². The molecule has 1 saturated heterocycles. The molecule has 1 aliphatic rings. The van der Waals surface area contributed by atoms with E-state index in [-0.39, 0.29) is 0 Å². The Balaban J connectivity index is 2.65. The van der Waals surface area contributed by atoms with Crippen LogP contribution in [0, 0.1) is 11.3 Å². The molecule has 15 heavy (non-hydrogen) atoms. The third-order valence-corrected chi connectivity index (χ3v) is 3.51. The second kappa shape index (κ2) is 4.97. The first-order valence-corrected chi connectivity index (χ1v) is 5.96. The summed E-state index contributed by atoms with van der Waals surface area (Å²) in [5.41, 5.74) is -0.445. The maximum absolute atomic E-state index is 11.4. The number of piperidine rings is 1. The van der Waals surface area contributed by atoms with Crippen LogP contribution in [-0.4, -0.2) is 35.6 Å². The monoisotopic (exact) mass is 213 g/mol. The van der Waals surface area contributed by atoms with Gasteiger partial charge in [-0.25, -0.2) is 0 Å². The van der Waals surface area contributed by atoms with Gasteiger partial charge in [-0.3, -0.25) is 4.79 Å². The van der Waals surface area contributed by atoms with Crippen molar-refractivity contribution < 1.29 is 9.90 Å². The lowest BCUT2D eigenvalue weighted by molar-refractivity contribution is -0.153. The number of carboxylic acids is 1. The third-order valence-electron chi connectivity index (χ3n) is 3.51. The number of nitrogens with zero attached hydrogens (tertiary/aromatic N) is 1. The second-order valence-electron chi connectivity index (χ2n) is 5.12. The van der Waals surface area contributed by atoms with Gasteiger partial charge in [0.05, 0.1) is 5.41 Å². The molecule has 1 heterocycles. The average molecular weight is 213 g/mol. The van der Waals surface area contributed by atoms with Crippen LogP contribution in [0.15, 0.2) is 0 Å². The first-order chi connectivity index (χ1) is 7.00. The molecule has 0 aromatic rings. The molecule has 1 rings (SSSR count). The summed E-state index contributed by atoms with van der Waals surface area (Å²) in [7, 11) is 0. The van der Waals surface area contributed by atoms with Crippen molar-refractivity contribution >= 4 is 5.97 Å².